The summed E-state index contributed by atoms with van der Waals surface area (Å²) in [7, 11) is 0. The molecule has 9 heteroatoms. The Balaban J connectivity index is 1.71. The number of fused-ring (bicyclic) bond motifs is 1. The van der Waals surface area contributed by atoms with Crippen LogP contribution in [0, 0.1) is 18.8 Å². The molecule has 3 atom stereocenters. The highest BCUT2D eigenvalue weighted by atomic mass is 35.5. The molecule has 44 heavy (non-hydrogen) atoms. The number of rotatable bonds is 13. The summed E-state index contributed by atoms with van der Waals surface area (Å²) in [6.07, 6.45) is 0.474. The molecule has 0 saturated heterocycles. The maximum absolute atomic E-state index is 14.2. The largest absolute Gasteiger partial charge is 0.368 e. The second kappa shape index (κ2) is 15.1. The van der Waals surface area contributed by atoms with E-state index in [-0.39, 0.29) is 31.0 Å². The average Bonchev–Trinajstić information content (AvgIpc) is 3.01. The summed E-state index contributed by atoms with van der Waals surface area (Å²) in [5, 5.41) is 7.03. The van der Waals surface area contributed by atoms with E-state index in [9.17, 15) is 19.2 Å². The third kappa shape index (κ3) is 8.12. The molecule has 0 spiro atoms. The monoisotopic (exact) mass is 616 g/mol. The number of ketones is 1. The van der Waals surface area contributed by atoms with Crippen molar-refractivity contribution in [2.45, 2.75) is 58.5 Å². The summed E-state index contributed by atoms with van der Waals surface area (Å²) in [6, 6.07) is 19.9. The van der Waals surface area contributed by atoms with Crippen molar-refractivity contribution in [1.82, 2.24) is 10.2 Å². The van der Waals surface area contributed by atoms with Crippen molar-refractivity contribution in [2.75, 3.05) is 18.4 Å². The first-order valence-corrected chi connectivity index (χ1v) is 15.5. The fourth-order valence-electron chi connectivity index (χ4n) is 5.79. The smallest absolute Gasteiger partial charge is 0.240 e. The highest BCUT2D eigenvalue weighted by molar-refractivity contribution is 6.31. The maximum atomic E-state index is 14.2. The summed E-state index contributed by atoms with van der Waals surface area (Å²) >= 11 is 6.23. The van der Waals surface area contributed by atoms with E-state index in [0.29, 0.717) is 35.2 Å². The summed E-state index contributed by atoms with van der Waals surface area (Å²) in [4.78, 5) is 55.5. The standard InChI is InChI=1S/C35H41ClN4O4/c1-22(2)21-38-18-17-28(35(44)39-26-13-14-29(36)23(3)19-26)33-27-12-8-7-11-25(27)20-30(34(37)43)40(33)32(42)16-15-31(41)24-9-5-4-6-10-24/h4-14,19,22,28,30,33,38H,15-18,20-21H2,1-3H3,(H2,37,43)(H,39,44)/t28-,30?,33?/m0/s1. The molecule has 0 aromatic heterocycles. The quantitative estimate of drug-likeness (QED) is 0.173. The summed E-state index contributed by atoms with van der Waals surface area (Å²) < 4.78 is 0. The number of nitrogens with two attached hydrogens (primary N) is 1. The maximum Gasteiger partial charge on any atom is 0.240 e. The highest BCUT2D eigenvalue weighted by Crippen LogP contribution is 2.41. The molecule has 3 aromatic carbocycles. The van der Waals surface area contributed by atoms with Gasteiger partial charge in [0.2, 0.25) is 17.7 Å². The third-order valence-corrected chi connectivity index (χ3v) is 8.45. The van der Waals surface area contributed by atoms with Crippen LogP contribution in [0.2, 0.25) is 5.02 Å². The van der Waals surface area contributed by atoms with E-state index in [0.717, 1.165) is 23.2 Å². The molecule has 0 saturated carbocycles. The minimum absolute atomic E-state index is 0.0317. The lowest BCUT2D eigenvalue weighted by Gasteiger charge is -2.45. The van der Waals surface area contributed by atoms with Crippen molar-refractivity contribution in [3.05, 3.63) is 100 Å². The van der Waals surface area contributed by atoms with Gasteiger partial charge in [0.05, 0.1) is 12.0 Å². The van der Waals surface area contributed by atoms with E-state index < -0.39 is 29.8 Å². The van der Waals surface area contributed by atoms with Crippen LogP contribution in [0.25, 0.3) is 0 Å². The average molecular weight is 617 g/mol. The van der Waals surface area contributed by atoms with E-state index in [2.05, 4.69) is 24.5 Å². The number of carbonyl (C=O) groups excluding carboxylic acids is 4. The Hall–Kier alpha value is -4.01. The van der Waals surface area contributed by atoms with Gasteiger partial charge in [-0.2, -0.15) is 0 Å². The van der Waals surface area contributed by atoms with Gasteiger partial charge in [-0.25, -0.2) is 0 Å². The number of nitrogens with one attached hydrogen (secondary N) is 2. The Bertz CT molecular complexity index is 1490. The van der Waals surface area contributed by atoms with Crippen molar-refractivity contribution in [2.24, 2.45) is 17.6 Å². The Morgan fingerprint density at radius 3 is 2.36 bits per heavy atom. The lowest BCUT2D eigenvalue weighted by molar-refractivity contribution is -0.146. The summed E-state index contributed by atoms with van der Waals surface area (Å²) in [5.41, 5.74) is 9.49. The molecule has 2 unspecified atom stereocenters. The van der Waals surface area contributed by atoms with E-state index >= 15 is 0 Å². The van der Waals surface area contributed by atoms with Gasteiger partial charge < -0.3 is 21.3 Å². The molecule has 3 aromatic rings. The molecular formula is C35H41ClN4O4. The predicted octanol–water partition coefficient (Wildman–Crippen LogP) is 5.48. The first-order valence-electron chi connectivity index (χ1n) is 15.1. The fraction of sp³-hybridized carbons (Fsp3) is 0.371. The zero-order chi connectivity index (χ0) is 31.8. The number of primary amides is 1. The normalized spacial score (nSPS) is 16.7. The summed E-state index contributed by atoms with van der Waals surface area (Å²) in [6.45, 7) is 7.35. The molecule has 0 bridgehead atoms. The van der Waals surface area contributed by atoms with Gasteiger partial charge in [-0.15, -0.1) is 0 Å². The van der Waals surface area contributed by atoms with E-state index in [1.54, 1.807) is 42.5 Å². The Morgan fingerprint density at radius 1 is 0.977 bits per heavy atom. The molecule has 3 amide bonds. The van der Waals surface area contributed by atoms with Crippen LogP contribution >= 0.6 is 11.6 Å². The minimum Gasteiger partial charge on any atom is -0.368 e. The second-order valence-electron chi connectivity index (χ2n) is 11.8. The molecule has 0 fully saturated rings. The number of Topliss-reactive ketones (excluding diaryl/α,β-unsaturated/α-hetero) is 1. The number of anilines is 1. The van der Waals surface area contributed by atoms with Gasteiger partial charge in [-0.05, 0) is 67.2 Å². The minimum atomic E-state index is -0.967. The Morgan fingerprint density at radius 2 is 1.68 bits per heavy atom. The van der Waals surface area contributed by atoms with Crippen molar-refractivity contribution >= 4 is 40.8 Å². The van der Waals surface area contributed by atoms with Crippen LogP contribution in [0.4, 0.5) is 5.69 Å². The summed E-state index contributed by atoms with van der Waals surface area (Å²) in [5.74, 6) is -1.84. The molecule has 232 valence electrons. The number of benzene rings is 3. The fourth-order valence-corrected chi connectivity index (χ4v) is 5.91. The number of amides is 3. The van der Waals surface area contributed by atoms with Gasteiger partial charge in [-0.3, -0.25) is 19.2 Å². The van der Waals surface area contributed by atoms with Crippen molar-refractivity contribution in [1.29, 1.82) is 0 Å². The number of hydrogen-bond acceptors (Lipinski definition) is 5. The van der Waals surface area contributed by atoms with Crippen LogP contribution in [-0.4, -0.2) is 47.5 Å². The van der Waals surface area contributed by atoms with Crippen LogP contribution in [0.1, 0.15) is 66.2 Å². The van der Waals surface area contributed by atoms with Gasteiger partial charge in [0.25, 0.3) is 0 Å². The van der Waals surface area contributed by atoms with Crippen LogP contribution in [0.5, 0.6) is 0 Å². The number of aryl methyl sites for hydroxylation is 1. The highest BCUT2D eigenvalue weighted by Gasteiger charge is 2.45. The zero-order valence-electron chi connectivity index (χ0n) is 25.5. The topological polar surface area (TPSA) is 122 Å². The molecule has 1 heterocycles. The molecular weight excluding hydrogens is 576 g/mol. The Kier molecular flexibility index (Phi) is 11.3. The molecule has 1 aliphatic rings. The van der Waals surface area contributed by atoms with E-state index in [1.165, 1.54) is 4.90 Å². The number of hydrogen-bond donors (Lipinski definition) is 3. The first-order chi connectivity index (χ1) is 21.1. The molecule has 4 N–H and O–H groups in total. The van der Waals surface area contributed by atoms with Gasteiger partial charge >= 0.3 is 0 Å². The van der Waals surface area contributed by atoms with Crippen molar-refractivity contribution in [3.63, 3.8) is 0 Å². The predicted molar refractivity (Wildman–Crippen MR) is 173 cm³/mol. The molecule has 0 aliphatic carbocycles. The lowest BCUT2D eigenvalue weighted by atomic mass is 9.79. The van der Waals surface area contributed by atoms with Gasteiger partial charge in [0, 0.05) is 35.5 Å². The number of carbonyl (C=O) groups is 4. The number of halogens is 1. The molecule has 1 aliphatic heterocycles. The van der Waals surface area contributed by atoms with Gasteiger partial charge in [0.1, 0.15) is 6.04 Å². The van der Waals surface area contributed by atoms with Gasteiger partial charge in [0.15, 0.2) is 5.78 Å². The van der Waals surface area contributed by atoms with E-state index in [4.69, 9.17) is 17.3 Å². The van der Waals surface area contributed by atoms with Crippen LogP contribution in [0.3, 0.4) is 0 Å². The second-order valence-corrected chi connectivity index (χ2v) is 12.2. The first kappa shape index (κ1) is 32.9. The van der Waals surface area contributed by atoms with Crippen LogP contribution in [-0.2, 0) is 20.8 Å². The number of nitrogens with zero attached hydrogens (tertiary/aromatic N) is 1. The van der Waals surface area contributed by atoms with Crippen LogP contribution < -0.4 is 16.4 Å². The van der Waals surface area contributed by atoms with E-state index in [1.807, 2.05) is 37.3 Å². The lowest BCUT2D eigenvalue weighted by Crippen LogP contribution is -2.56. The zero-order valence-corrected chi connectivity index (χ0v) is 26.3. The van der Waals surface area contributed by atoms with Gasteiger partial charge in [-0.1, -0.05) is 80.0 Å². The van der Waals surface area contributed by atoms with Crippen LogP contribution in [0.15, 0.2) is 72.8 Å². The Labute approximate surface area is 264 Å². The van der Waals surface area contributed by atoms with Crippen molar-refractivity contribution in [3.8, 4) is 0 Å². The van der Waals surface area contributed by atoms with Crippen molar-refractivity contribution < 1.29 is 19.2 Å². The molecule has 8 nitrogen and oxygen atoms in total. The third-order valence-electron chi connectivity index (χ3n) is 8.03. The molecule has 4 rings (SSSR count). The SMILES string of the molecule is Cc1cc(NC(=O)[C@@H](CCNCC(C)C)C2c3ccccc3CC(C(N)=O)N2C(=O)CCC(=O)c2ccccc2)ccc1Cl. The molecule has 0 radical (unpaired) electrons.